The summed E-state index contributed by atoms with van der Waals surface area (Å²) in [5.74, 6) is -0.520. The molecule has 18 heavy (non-hydrogen) atoms. The second-order valence-corrected chi connectivity index (χ2v) is 7.63. The van der Waals surface area contributed by atoms with E-state index in [9.17, 15) is 4.21 Å². The first-order chi connectivity index (χ1) is 8.70. The fourth-order valence-electron chi connectivity index (χ4n) is 2.65. The zero-order valence-electron chi connectivity index (χ0n) is 10.0. The molecule has 1 aliphatic carbocycles. The maximum absolute atomic E-state index is 12.5. The van der Waals surface area contributed by atoms with Crippen LogP contribution in [0.25, 0.3) is 0 Å². The van der Waals surface area contributed by atoms with Crippen molar-refractivity contribution in [3.8, 4) is 0 Å². The lowest BCUT2D eigenvalue weighted by Crippen LogP contribution is -2.50. The van der Waals surface area contributed by atoms with E-state index in [1.54, 1.807) is 0 Å². The van der Waals surface area contributed by atoms with Crippen molar-refractivity contribution in [2.45, 2.75) is 40.6 Å². The van der Waals surface area contributed by atoms with E-state index in [-0.39, 0.29) is 11.3 Å². The monoisotopic (exact) mass is 287 g/mol. The minimum Gasteiger partial charge on any atom is -0.347 e. The number of rotatable bonds is 2. The van der Waals surface area contributed by atoms with Crippen molar-refractivity contribution in [3.05, 3.63) is 17.5 Å². The molecule has 0 bridgehead atoms. The lowest BCUT2D eigenvalue weighted by atomic mass is 9.90. The van der Waals surface area contributed by atoms with Gasteiger partial charge in [-0.05, 0) is 17.9 Å². The Labute approximate surface area is 113 Å². The molecule has 3 rings (SSSR count). The minimum atomic E-state index is -1.06. The third-order valence-corrected chi connectivity index (χ3v) is 6.67. The number of ether oxygens (including phenoxy) is 2. The Balaban J connectivity index is 1.79. The molecule has 1 saturated carbocycles. The summed E-state index contributed by atoms with van der Waals surface area (Å²) < 4.78 is 24.9. The van der Waals surface area contributed by atoms with E-state index in [1.807, 2.05) is 17.5 Å². The molecule has 1 aromatic heterocycles. The summed E-state index contributed by atoms with van der Waals surface area (Å²) in [5, 5.41) is 1.87. The lowest BCUT2D eigenvalue weighted by molar-refractivity contribution is -0.177. The fraction of sp³-hybridized carbons (Fsp3) is 0.667. The van der Waals surface area contributed by atoms with E-state index in [0.29, 0.717) is 19.6 Å². The molecule has 1 aromatic rings. The Morgan fingerprint density at radius 2 is 2.22 bits per heavy atom. The number of thiophene rings is 1. The van der Waals surface area contributed by atoms with Gasteiger partial charge in [0.05, 0.1) is 33.5 Å². The van der Waals surface area contributed by atoms with Crippen LogP contribution in [0.3, 0.4) is 0 Å². The van der Waals surface area contributed by atoms with Crippen LogP contribution in [0.15, 0.2) is 21.7 Å². The zero-order chi connectivity index (χ0) is 12.6. The van der Waals surface area contributed by atoms with Gasteiger partial charge in [0.1, 0.15) is 0 Å². The molecule has 1 saturated heterocycles. The number of nitrogens with two attached hydrogens (primary N) is 1. The molecule has 4 nitrogen and oxygen atoms in total. The van der Waals surface area contributed by atoms with Gasteiger partial charge in [-0.2, -0.15) is 0 Å². The Morgan fingerprint density at radius 3 is 2.89 bits per heavy atom. The molecule has 2 aliphatic rings. The van der Waals surface area contributed by atoms with Crippen molar-refractivity contribution in [1.29, 1.82) is 0 Å². The smallest absolute Gasteiger partial charge is 0.169 e. The summed E-state index contributed by atoms with van der Waals surface area (Å²) in [6, 6.07) is 3.79. The Morgan fingerprint density at radius 1 is 1.44 bits per heavy atom. The van der Waals surface area contributed by atoms with Gasteiger partial charge in [-0.15, -0.1) is 11.3 Å². The van der Waals surface area contributed by atoms with Gasteiger partial charge in [-0.25, -0.2) is 0 Å². The molecule has 0 radical (unpaired) electrons. The quantitative estimate of drug-likeness (QED) is 0.895. The highest BCUT2D eigenvalue weighted by molar-refractivity contribution is 7.88. The molecular formula is C12H17NO3S2. The normalized spacial score (nSPS) is 32.7. The molecule has 2 heterocycles. The van der Waals surface area contributed by atoms with Crippen molar-refractivity contribution in [2.24, 2.45) is 5.73 Å². The standard InChI is InChI=1S/C12H17NO3S2/c13-9-3-4-12(15-5-6-16-12)8-10(9)18(14)11-2-1-7-17-11/h1-2,7,9-10H,3-6,8,13H2. The second kappa shape index (κ2) is 5.02. The van der Waals surface area contributed by atoms with Crippen molar-refractivity contribution in [1.82, 2.24) is 0 Å². The Bertz CT molecular complexity index is 429. The van der Waals surface area contributed by atoms with Crippen LogP contribution in [-0.2, 0) is 20.3 Å². The molecule has 2 fully saturated rings. The summed E-state index contributed by atoms with van der Waals surface area (Å²) in [4.78, 5) is 0. The molecule has 3 atom stereocenters. The first-order valence-electron chi connectivity index (χ1n) is 6.18. The second-order valence-electron chi connectivity index (χ2n) is 4.78. The van der Waals surface area contributed by atoms with Crippen molar-refractivity contribution in [2.75, 3.05) is 13.2 Å². The molecule has 0 aromatic carbocycles. The van der Waals surface area contributed by atoms with Crippen LogP contribution < -0.4 is 5.73 Å². The van der Waals surface area contributed by atoms with Crippen LogP contribution in [0, 0.1) is 0 Å². The predicted octanol–water partition coefficient (Wildman–Crippen LogP) is 1.48. The SMILES string of the molecule is NC1CCC2(CC1S(=O)c1cccs1)OCCO2. The summed E-state index contributed by atoms with van der Waals surface area (Å²) in [7, 11) is -1.06. The van der Waals surface area contributed by atoms with Crippen LogP contribution in [0.1, 0.15) is 19.3 Å². The predicted molar refractivity (Wildman–Crippen MR) is 71.0 cm³/mol. The average Bonchev–Trinajstić information content (AvgIpc) is 3.04. The maximum Gasteiger partial charge on any atom is 0.169 e. The van der Waals surface area contributed by atoms with Crippen LogP contribution >= 0.6 is 11.3 Å². The third-order valence-electron chi connectivity index (χ3n) is 3.63. The van der Waals surface area contributed by atoms with Gasteiger partial charge in [0.15, 0.2) is 5.79 Å². The average molecular weight is 287 g/mol. The topological polar surface area (TPSA) is 61.6 Å². The van der Waals surface area contributed by atoms with Gasteiger partial charge in [-0.3, -0.25) is 4.21 Å². The molecule has 0 amide bonds. The van der Waals surface area contributed by atoms with E-state index in [2.05, 4.69) is 0 Å². The Kier molecular flexibility index (Phi) is 3.55. The molecule has 1 spiro atoms. The molecule has 2 N–H and O–H groups in total. The van der Waals surface area contributed by atoms with E-state index < -0.39 is 16.6 Å². The van der Waals surface area contributed by atoms with Gasteiger partial charge >= 0.3 is 0 Å². The zero-order valence-corrected chi connectivity index (χ0v) is 11.7. The van der Waals surface area contributed by atoms with Crippen molar-refractivity contribution < 1.29 is 13.7 Å². The number of hydrogen-bond acceptors (Lipinski definition) is 5. The summed E-state index contributed by atoms with van der Waals surface area (Å²) in [5.41, 5.74) is 6.14. The van der Waals surface area contributed by atoms with Gasteiger partial charge in [0, 0.05) is 18.9 Å². The van der Waals surface area contributed by atoms with Gasteiger partial charge in [0.25, 0.3) is 0 Å². The molecule has 6 heteroatoms. The van der Waals surface area contributed by atoms with E-state index >= 15 is 0 Å². The first-order valence-corrected chi connectivity index (χ1v) is 8.27. The lowest BCUT2D eigenvalue weighted by Gasteiger charge is -2.38. The maximum atomic E-state index is 12.5. The van der Waals surface area contributed by atoms with Crippen molar-refractivity contribution in [3.63, 3.8) is 0 Å². The largest absolute Gasteiger partial charge is 0.347 e. The fourth-order valence-corrected chi connectivity index (χ4v) is 5.39. The van der Waals surface area contributed by atoms with Gasteiger partial charge in [0.2, 0.25) is 0 Å². The summed E-state index contributed by atoms with van der Waals surface area (Å²) in [6.45, 7) is 1.27. The number of hydrogen-bond donors (Lipinski definition) is 1. The van der Waals surface area contributed by atoms with Crippen LogP contribution in [0.4, 0.5) is 0 Å². The highest BCUT2D eigenvalue weighted by Gasteiger charge is 2.46. The summed E-state index contributed by atoms with van der Waals surface area (Å²) >= 11 is 1.52. The van der Waals surface area contributed by atoms with E-state index in [4.69, 9.17) is 15.2 Å². The summed E-state index contributed by atoms with van der Waals surface area (Å²) in [6.07, 6.45) is 2.26. The third kappa shape index (κ3) is 2.28. The molecule has 100 valence electrons. The molecular weight excluding hydrogens is 270 g/mol. The highest BCUT2D eigenvalue weighted by atomic mass is 32.2. The van der Waals surface area contributed by atoms with Gasteiger partial charge in [-0.1, -0.05) is 6.07 Å². The molecule has 3 unspecified atom stereocenters. The van der Waals surface area contributed by atoms with Gasteiger partial charge < -0.3 is 15.2 Å². The van der Waals surface area contributed by atoms with Crippen LogP contribution in [0.2, 0.25) is 0 Å². The van der Waals surface area contributed by atoms with E-state index in [1.165, 1.54) is 11.3 Å². The van der Waals surface area contributed by atoms with Crippen LogP contribution in [-0.4, -0.2) is 34.5 Å². The Hall–Kier alpha value is -0.270. The van der Waals surface area contributed by atoms with E-state index in [0.717, 1.165) is 17.1 Å². The molecule has 1 aliphatic heterocycles. The highest BCUT2D eigenvalue weighted by Crippen LogP contribution is 2.38. The first kappa shape index (κ1) is 12.7. The van der Waals surface area contributed by atoms with Crippen LogP contribution in [0.5, 0.6) is 0 Å². The minimum absolute atomic E-state index is 0.0358. The van der Waals surface area contributed by atoms with Crippen molar-refractivity contribution >= 4 is 22.1 Å².